The fourth-order valence-electron chi connectivity index (χ4n) is 8.11. The number of allylic oxidation sites excluding steroid dienone is 5. The van der Waals surface area contributed by atoms with Crippen LogP contribution in [0.5, 0.6) is 0 Å². The van der Waals surface area contributed by atoms with Gasteiger partial charge in [-0.15, -0.1) is 0 Å². The molecule has 1 aromatic heterocycles. The molecule has 9 rings (SSSR count). The highest BCUT2D eigenvalue weighted by Crippen LogP contribution is 2.62. The van der Waals surface area contributed by atoms with Gasteiger partial charge < -0.3 is 0 Å². The molecule has 7 aromatic rings. The normalized spacial score (nSPS) is 15.7. The van der Waals surface area contributed by atoms with Crippen molar-refractivity contribution in [2.75, 3.05) is 0 Å². The van der Waals surface area contributed by atoms with E-state index >= 15 is 0 Å². The molecule has 1 heterocycles. The third-order valence-corrected chi connectivity index (χ3v) is 10.4. The van der Waals surface area contributed by atoms with Gasteiger partial charge in [-0.3, -0.25) is 0 Å². The van der Waals surface area contributed by atoms with Gasteiger partial charge in [0.15, 0.2) is 5.82 Å². The Morgan fingerprint density at radius 3 is 1.70 bits per heavy atom. The van der Waals surface area contributed by atoms with Crippen LogP contribution in [-0.2, 0) is 5.41 Å². The minimum Gasteiger partial charge on any atom is -0.228 e. The molecule has 0 amide bonds. The summed E-state index contributed by atoms with van der Waals surface area (Å²) in [4.78, 5) is 10.2. The first-order valence-corrected chi connectivity index (χ1v) is 17.1. The van der Waals surface area contributed by atoms with Gasteiger partial charge in [-0.1, -0.05) is 164 Å². The lowest BCUT2D eigenvalue weighted by Gasteiger charge is -2.31. The zero-order chi connectivity index (χ0) is 33.7. The molecule has 0 N–H and O–H groups in total. The van der Waals surface area contributed by atoms with E-state index in [9.17, 15) is 0 Å². The maximum atomic E-state index is 5.11. The summed E-state index contributed by atoms with van der Waals surface area (Å²) >= 11 is 0. The Bertz CT molecular complexity index is 2450. The molecule has 0 saturated carbocycles. The number of hydrogen-bond donors (Lipinski definition) is 0. The number of hydrogen-bond acceptors (Lipinski definition) is 2. The molecule has 0 fully saturated rings. The van der Waals surface area contributed by atoms with E-state index in [0.29, 0.717) is 5.82 Å². The van der Waals surface area contributed by atoms with Crippen LogP contribution in [0.15, 0.2) is 188 Å². The molecular weight excluding hydrogens is 605 g/mol. The van der Waals surface area contributed by atoms with Gasteiger partial charge in [0, 0.05) is 16.7 Å². The van der Waals surface area contributed by atoms with Crippen LogP contribution in [0.1, 0.15) is 29.2 Å². The molecule has 2 heteroatoms. The van der Waals surface area contributed by atoms with Crippen molar-refractivity contribution in [1.82, 2.24) is 9.97 Å². The van der Waals surface area contributed by atoms with Gasteiger partial charge in [0.2, 0.25) is 0 Å². The lowest BCUT2D eigenvalue weighted by Crippen LogP contribution is -2.26. The largest absolute Gasteiger partial charge is 0.228 e. The Labute approximate surface area is 293 Å². The molecule has 0 radical (unpaired) electrons. The predicted octanol–water partition coefficient (Wildman–Crippen LogP) is 12.0. The first-order valence-electron chi connectivity index (χ1n) is 17.1. The molecule has 1 spiro atoms. The van der Waals surface area contributed by atoms with E-state index in [1.165, 1.54) is 50.1 Å². The Balaban J connectivity index is 1.22. The minimum atomic E-state index is -0.380. The summed E-state index contributed by atoms with van der Waals surface area (Å²) < 4.78 is 0. The lowest BCUT2D eigenvalue weighted by atomic mass is 9.70. The van der Waals surface area contributed by atoms with Crippen LogP contribution < -0.4 is 0 Å². The van der Waals surface area contributed by atoms with Gasteiger partial charge in [0.25, 0.3) is 0 Å². The smallest absolute Gasteiger partial charge is 0.160 e. The van der Waals surface area contributed by atoms with Crippen molar-refractivity contribution in [3.8, 4) is 56.2 Å². The van der Waals surface area contributed by atoms with Gasteiger partial charge in [0.1, 0.15) is 0 Å². The summed E-state index contributed by atoms with van der Waals surface area (Å²) in [7, 11) is 0. The number of fused-ring (bicyclic) bond motifs is 7. The molecular formula is C48H34N2. The van der Waals surface area contributed by atoms with Crippen molar-refractivity contribution in [3.05, 3.63) is 210 Å². The third kappa shape index (κ3) is 4.57. The summed E-state index contributed by atoms with van der Waals surface area (Å²) in [6, 6.07) is 56.3. The Hall–Kier alpha value is -6.38. The molecule has 0 bridgehead atoms. The van der Waals surface area contributed by atoms with Gasteiger partial charge in [-0.05, 0) is 80.8 Å². The van der Waals surface area contributed by atoms with Gasteiger partial charge in [-0.25, -0.2) is 9.97 Å². The Morgan fingerprint density at radius 2 is 1.02 bits per heavy atom. The van der Waals surface area contributed by atoms with E-state index in [-0.39, 0.29) is 5.41 Å². The number of aromatic nitrogens is 2. The topological polar surface area (TPSA) is 25.8 Å². The maximum absolute atomic E-state index is 5.11. The molecule has 6 aromatic carbocycles. The fourth-order valence-corrected chi connectivity index (χ4v) is 8.11. The number of benzene rings is 6. The highest BCUT2D eigenvalue weighted by molar-refractivity contribution is 5.97. The molecule has 1 unspecified atom stereocenters. The first-order chi connectivity index (χ1) is 24.7. The van der Waals surface area contributed by atoms with E-state index in [2.05, 4.69) is 171 Å². The first kappa shape index (κ1) is 29.7. The summed E-state index contributed by atoms with van der Waals surface area (Å²) in [5.74, 6) is 0.708. The van der Waals surface area contributed by atoms with Crippen LogP contribution in [0.4, 0.5) is 0 Å². The fraction of sp³-hybridized carbons (Fsp3) is 0.0417. The van der Waals surface area contributed by atoms with Crippen molar-refractivity contribution < 1.29 is 0 Å². The molecule has 2 aliphatic rings. The molecule has 0 saturated heterocycles. The molecule has 1 atom stereocenters. The van der Waals surface area contributed by atoms with Crippen molar-refractivity contribution >= 4 is 5.57 Å². The number of nitrogens with zero attached hydrogens (tertiary/aromatic N) is 2. The van der Waals surface area contributed by atoms with E-state index in [1.807, 2.05) is 18.2 Å². The van der Waals surface area contributed by atoms with Gasteiger partial charge in [0.05, 0.1) is 16.8 Å². The lowest BCUT2D eigenvalue weighted by molar-refractivity contribution is 0.767. The van der Waals surface area contributed by atoms with Crippen LogP contribution in [0, 0.1) is 0 Å². The molecule has 2 nitrogen and oxygen atoms in total. The maximum Gasteiger partial charge on any atom is 0.160 e. The predicted molar refractivity (Wildman–Crippen MR) is 207 cm³/mol. The highest BCUT2D eigenvalue weighted by Gasteiger charge is 2.51. The monoisotopic (exact) mass is 638 g/mol. The third-order valence-electron chi connectivity index (χ3n) is 10.4. The quantitative estimate of drug-likeness (QED) is 0.169. The molecule has 0 aliphatic heterocycles. The Kier molecular flexibility index (Phi) is 7.10. The second-order valence-electron chi connectivity index (χ2n) is 13.0. The van der Waals surface area contributed by atoms with Crippen molar-refractivity contribution in [2.45, 2.75) is 12.3 Å². The summed E-state index contributed by atoms with van der Waals surface area (Å²) in [6.07, 6.45) is 6.13. The Morgan fingerprint density at radius 1 is 0.480 bits per heavy atom. The van der Waals surface area contributed by atoms with E-state index < -0.39 is 0 Å². The second kappa shape index (κ2) is 11.9. The highest BCUT2D eigenvalue weighted by atomic mass is 14.9. The average Bonchev–Trinajstić information content (AvgIpc) is 3.62. The van der Waals surface area contributed by atoms with Gasteiger partial charge >= 0.3 is 0 Å². The number of rotatable bonds is 6. The van der Waals surface area contributed by atoms with Crippen LogP contribution >= 0.6 is 0 Å². The van der Waals surface area contributed by atoms with E-state index in [0.717, 1.165) is 33.6 Å². The molecule has 236 valence electrons. The minimum absolute atomic E-state index is 0.380. The van der Waals surface area contributed by atoms with E-state index in [1.54, 1.807) is 0 Å². The standard InChI is InChI=1S/C48H34N2/c1-3-4-22-38-32(2)48(42-25-13-11-23-39(38)42)43-26-14-12-24-40(43)41-28-27-36(30-44(41)48)35-20-15-21-37(29-35)47-49-45(33-16-7-5-8-17-33)31-46(50-47)34-18-9-6-10-19-34/h3-31H,1H2,2H3/b22-4-. The van der Waals surface area contributed by atoms with Crippen LogP contribution in [0.2, 0.25) is 0 Å². The van der Waals surface area contributed by atoms with Gasteiger partial charge in [-0.2, -0.15) is 0 Å². The van der Waals surface area contributed by atoms with Crippen molar-refractivity contribution in [2.24, 2.45) is 0 Å². The molecule has 50 heavy (non-hydrogen) atoms. The molecule has 2 aliphatic carbocycles. The zero-order valence-corrected chi connectivity index (χ0v) is 27.8. The SMILES string of the molecule is C=C/C=C\C1=C(C)C2(c3ccccc31)c1ccccc1-c1ccc(-c3cccc(-c4nc(-c5ccccc5)cc(-c5ccccc5)n4)c3)cc12. The van der Waals surface area contributed by atoms with Crippen molar-refractivity contribution in [1.29, 1.82) is 0 Å². The summed E-state index contributed by atoms with van der Waals surface area (Å²) in [5.41, 5.74) is 17.3. The second-order valence-corrected chi connectivity index (χ2v) is 13.0. The summed E-state index contributed by atoms with van der Waals surface area (Å²) in [6.45, 7) is 6.27. The van der Waals surface area contributed by atoms with Crippen LogP contribution in [0.3, 0.4) is 0 Å². The average molecular weight is 639 g/mol. The van der Waals surface area contributed by atoms with Crippen molar-refractivity contribution in [3.63, 3.8) is 0 Å². The van der Waals surface area contributed by atoms with E-state index in [4.69, 9.17) is 9.97 Å². The zero-order valence-electron chi connectivity index (χ0n) is 27.8. The van der Waals surface area contributed by atoms with Crippen LogP contribution in [-0.4, -0.2) is 9.97 Å². The van der Waals surface area contributed by atoms with Crippen LogP contribution in [0.25, 0.3) is 61.7 Å². The summed E-state index contributed by atoms with van der Waals surface area (Å²) in [5, 5.41) is 0.